The van der Waals surface area contributed by atoms with Crippen LogP contribution < -0.4 is 10.5 Å². The zero-order valence-electron chi connectivity index (χ0n) is 20.4. The standard InChI is InChI=1S/C27H32Cl2N4O2/c1-4-18(3)24(30)23-25(26(34)32-15-13-17(2)14-16-32)31-33(22-8-6-5-7-21(22)29)27(23)35-20-11-9-19(28)10-12-20/h5-12,17-18,24H,4,13-16,30H2,1-3H3. The molecular weight excluding hydrogens is 483 g/mol. The molecule has 1 aliphatic rings. The Balaban J connectivity index is 1.90. The van der Waals surface area contributed by atoms with Crippen molar-refractivity contribution in [3.63, 3.8) is 0 Å². The van der Waals surface area contributed by atoms with E-state index in [1.807, 2.05) is 23.1 Å². The highest BCUT2D eigenvalue weighted by Crippen LogP contribution is 2.39. The molecule has 1 fully saturated rings. The van der Waals surface area contributed by atoms with E-state index in [1.54, 1.807) is 35.0 Å². The Morgan fingerprint density at radius 2 is 1.80 bits per heavy atom. The number of carbonyl (C=O) groups excluding carboxylic acids is 1. The number of likely N-dealkylation sites (tertiary alicyclic amines) is 1. The van der Waals surface area contributed by atoms with Gasteiger partial charge in [0.2, 0.25) is 5.88 Å². The van der Waals surface area contributed by atoms with E-state index in [9.17, 15) is 4.79 Å². The van der Waals surface area contributed by atoms with Crippen LogP contribution in [-0.4, -0.2) is 33.7 Å². The lowest BCUT2D eigenvalue weighted by molar-refractivity contribution is 0.0688. The number of para-hydroxylation sites is 1. The zero-order valence-corrected chi connectivity index (χ0v) is 21.9. The van der Waals surface area contributed by atoms with E-state index in [0.29, 0.717) is 57.6 Å². The Bertz CT molecular complexity index is 1170. The number of ether oxygens (including phenoxy) is 1. The zero-order chi connectivity index (χ0) is 25.1. The lowest BCUT2D eigenvalue weighted by Gasteiger charge is -2.30. The highest BCUT2D eigenvalue weighted by atomic mass is 35.5. The third-order valence-corrected chi connectivity index (χ3v) is 7.42. The summed E-state index contributed by atoms with van der Waals surface area (Å²) >= 11 is 12.7. The molecule has 1 amide bonds. The van der Waals surface area contributed by atoms with Gasteiger partial charge in [0.1, 0.15) is 5.75 Å². The molecule has 2 N–H and O–H groups in total. The summed E-state index contributed by atoms with van der Waals surface area (Å²) in [6.07, 6.45) is 2.78. The quantitative estimate of drug-likeness (QED) is 0.372. The van der Waals surface area contributed by atoms with E-state index in [2.05, 4.69) is 20.8 Å². The second-order valence-corrected chi connectivity index (χ2v) is 10.2. The number of benzene rings is 2. The van der Waals surface area contributed by atoms with Crippen LogP contribution in [0.25, 0.3) is 5.69 Å². The number of carbonyl (C=O) groups is 1. The largest absolute Gasteiger partial charge is 0.439 e. The molecule has 2 heterocycles. The first-order valence-corrected chi connectivity index (χ1v) is 12.9. The Morgan fingerprint density at radius 3 is 2.43 bits per heavy atom. The van der Waals surface area contributed by atoms with Crippen LogP contribution in [0, 0.1) is 11.8 Å². The molecule has 35 heavy (non-hydrogen) atoms. The second-order valence-electron chi connectivity index (χ2n) is 9.37. The molecular formula is C27H32Cl2N4O2. The minimum atomic E-state index is -0.457. The number of aromatic nitrogens is 2. The summed E-state index contributed by atoms with van der Waals surface area (Å²) in [5.74, 6) is 1.52. The molecule has 4 rings (SSSR count). The molecule has 0 aliphatic carbocycles. The fourth-order valence-corrected chi connectivity index (χ4v) is 4.61. The van der Waals surface area contributed by atoms with Crippen molar-refractivity contribution in [1.82, 2.24) is 14.7 Å². The van der Waals surface area contributed by atoms with Gasteiger partial charge in [0.05, 0.1) is 16.3 Å². The molecule has 0 spiro atoms. The smallest absolute Gasteiger partial charge is 0.274 e. The third kappa shape index (κ3) is 5.50. The van der Waals surface area contributed by atoms with E-state index >= 15 is 0 Å². The van der Waals surface area contributed by atoms with E-state index in [0.717, 1.165) is 19.3 Å². The molecule has 1 aromatic heterocycles. The van der Waals surface area contributed by atoms with Crippen LogP contribution in [-0.2, 0) is 0 Å². The van der Waals surface area contributed by atoms with Crippen molar-refractivity contribution < 1.29 is 9.53 Å². The summed E-state index contributed by atoms with van der Waals surface area (Å²) < 4.78 is 7.99. The molecule has 3 aromatic rings. The summed E-state index contributed by atoms with van der Waals surface area (Å²) in [5, 5.41) is 5.89. The fourth-order valence-electron chi connectivity index (χ4n) is 4.27. The van der Waals surface area contributed by atoms with Gasteiger partial charge >= 0.3 is 0 Å². The Morgan fingerprint density at radius 1 is 1.14 bits per heavy atom. The van der Waals surface area contributed by atoms with Gasteiger partial charge in [-0.05, 0) is 61.1 Å². The second kappa shape index (κ2) is 11.0. The van der Waals surface area contributed by atoms with Crippen LogP contribution in [0.4, 0.5) is 0 Å². The normalized spacial score (nSPS) is 16.2. The number of hydrogen-bond donors (Lipinski definition) is 1. The number of nitrogens with two attached hydrogens (primary N) is 1. The number of nitrogens with zero attached hydrogens (tertiary/aromatic N) is 3. The number of halogens is 2. The summed E-state index contributed by atoms with van der Waals surface area (Å²) in [5.41, 5.74) is 8.31. The predicted molar refractivity (Wildman–Crippen MR) is 141 cm³/mol. The highest BCUT2D eigenvalue weighted by Gasteiger charge is 2.34. The monoisotopic (exact) mass is 514 g/mol. The molecule has 186 valence electrons. The lowest BCUT2D eigenvalue weighted by atomic mass is 9.92. The molecule has 0 saturated carbocycles. The summed E-state index contributed by atoms with van der Waals surface area (Å²) in [7, 11) is 0. The average Bonchev–Trinajstić information content (AvgIpc) is 3.23. The molecule has 0 radical (unpaired) electrons. The average molecular weight is 515 g/mol. The molecule has 2 unspecified atom stereocenters. The van der Waals surface area contributed by atoms with Crippen molar-refractivity contribution in [2.45, 2.75) is 46.1 Å². The number of piperidine rings is 1. The van der Waals surface area contributed by atoms with Crippen molar-refractivity contribution >= 4 is 29.1 Å². The van der Waals surface area contributed by atoms with Crippen LogP contribution in [0.5, 0.6) is 11.6 Å². The SMILES string of the molecule is CCC(C)C(N)c1c(C(=O)N2CCC(C)CC2)nn(-c2ccccc2Cl)c1Oc1ccc(Cl)cc1. The maximum absolute atomic E-state index is 13.8. The van der Waals surface area contributed by atoms with Gasteiger partial charge < -0.3 is 15.4 Å². The summed E-state index contributed by atoms with van der Waals surface area (Å²) in [6.45, 7) is 7.77. The van der Waals surface area contributed by atoms with Gasteiger partial charge in [-0.1, -0.05) is 62.5 Å². The van der Waals surface area contributed by atoms with Gasteiger partial charge in [0.25, 0.3) is 5.91 Å². The van der Waals surface area contributed by atoms with Crippen molar-refractivity contribution in [2.24, 2.45) is 17.6 Å². The molecule has 0 bridgehead atoms. The first-order chi connectivity index (χ1) is 16.8. The van der Waals surface area contributed by atoms with Crippen LogP contribution in [0.2, 0.25) is 10.0 Å². The highest BCUT2D eigenvalue weighted by molar-refractivity contribution is 6.32. The van der Waals surface area contributed by atoms with Crippen LogP contribution in [0.3, 0.4) is 0 Å². The molecule has 2 atom stereocenters. The van der Waals surface area contributed by atoms with E-state index in [1.165, 1.54) is 0 Å². The van der Waals surface area contributed by atoms with E-state index in [4.69, 9.17) is 38.8 Å². The Labute approximate surface area is 217 Å². The molecule has 1 aliphatic heterocycles. The van der Waals surface area contributed by atoms with Crippen molar-refractivity contribution in [3.05, 3.63) is 69.8 Å². The van der Waals surface area contributed by atoms with Gasteiger partial charge in [-0.3, -0.25) is 4.79 Å². The number of amides is 1. The van der Waals surface area contributed by atoms with Crippen LogP contribution in [0.15, 0.2) is 48.5 Å². The fraction of sp³-hybridized carbons (Fsp3) is 0.407. The number of rotatable bonds is 7. The van der Waals surface area contributed by atoms with Crippen LogP contribution >= 0.6 is 23.2 Å². The molecule has 1 saturated heterocycles. The van der Waals surface area contributed by atoms with Gasteiger partial charge in [-0.15, -0.1) is 0 Å². The van der Waals surface area contributed by atoms with E-state index in [-0.39, 0.29) is 11.8 Å². The van der Waals surface area contributed by atoms with Crippen molar-refractivity contribution in [2.75, 3.05) is 13.1 Å². The van der Waals surface area contributed by atoms with Crippen molar-refractivity contribution in [3.8, 4) is 17.3 Å². The third-order valence-electron chi connectivity index (χ3n) is 6.85. The summed E-state index contributed by atoms with van der Waals surface area (Å²) in [6, 6.07) is 14.0. The summed E-state index contributed by atoms with van der Waals surface area (Å²) in [4.78, 5) is 15.7. The van der Waals surface area contributed by atoms with Crippen LogP contribution in [0.1, 0.15) is 62.1 Å². The maximum atomic E-state index is 13.8. The van der Waals surface area contributed by atoms with Gasteiger partial charge in [-0.25, -0.2) is 0 Å². The Hall–Kier alpha value is -2.54. The van der Waals surface area contributed by atoms with E-state index < -0.39 is 6.04 Å². The first-order valence-electron chi connectivity index (χ1n) is 12.2. The van der Waals surface area contributed by atoms with Gasteiger partial charge in [0, 0.05) is 24.2 Å². The molecule has 8 heteroatoms. The minimum absolute atomic E-state index is 0.0967. The molecule has 2 aromatic carbocycles. The lowest BCUT2D eigenvalue weighted by Crippen LogP contribution is -2.39. The topological polar surface area (TPSA) is 73.4 Å². The van der Waals surface area contributed by atoms with Crippen molar-refractivity contribution in [1.29, 1.82) is 0 Å². The van der Waals surface area contributed by atoms with Gasteiger partial charge in [-0.2, -0.15) is 9.78 Å². The first kappa shape index (κ1) is 25.5. The Kier molecular flexibility index (Phi) is 8.05. The minimum Gasteiger partial charge on any atom is -0.439 e. The number of hydrogen-bond acceptors (Lipinski definition) is 4. The van der Waals surface area contributed by atoms with Gasteiger partial charge in [0.15, 0.2) is 5.69 Å². The predicted octanol–water partition coefficient (Wildman–Crippen LogP) is 6.89. The maximum Gasteiger partial charge on any atom is 0.274 e. The molecule has 6 nitrogen and oxygen atoms in total.